The molecule has 5 aliphatic carbocycles. The van der Waals surface area contributed by atoms with Crippen molar-refractivity contribution in [3.63, 3.8) is 0 Å². The van der Waals surface area contributed by atoms with E-state index in [4.69, 9.17) is 19.3 Å². The molecular weight excluding hydrogens is 777 g/mol. The third-order valence-electron chi connectivity index (χ3n) is 17.6. The van der Waals surface area contributed by atoms with Gasteiger partial charge in [-0.25, -0.2) is 4.79 Å². The van der Waals surface area contributed by atoms with Crippen LogP contribution in [0.15, 0.2) is 91.0 Å². The van der Waals surface area contributed by atoms with Gasteiger partial charge in [-0.2, -0.15) is 5.10 Å². The summed E-state index contributed by atoms with van der Waals surface area (Å²) < 4.78 is 19.7. The fourth-order valence-corrected chi connectivity index (χ4v) is 13.9. The molecule has 9 heteroatoms. The molecule has 0 spiro atoms. The molecule has 0 radical (unpaired) electrons. The molecule has 8 rings (SSSR count). The molecule has 330 valence electrons. The van der Waals surface area contributed by atoms with Crippen LogP contribution in [0.2, 0.25) is 0 Å². The summed E-state index contributed by atoms with van der Waals surface area (Å²) in [6.45, 7) is 21.3. The Kier molecular flexibility index (Phi) is 11.2. The number of nitrogens with zero attached hydrogens (tertiary/aromatic N) is 2. The third-order valence-corrected chi connectivity index (χ3v) is 17.6. The summed E-state index contributed by atoms with van der Waals surface area (Å²) in [5, 5.41) is 4.77. The van der Waals surface area contributed by atoms with Gasteiger partial charge < -0.3 is 14.2 Å². The fourth-order valence-electron chi connectivity index (χ4n) is 13.9. The molecule has 1 heterocycles. The molecule has 0 unspecified atom stereocenters. The van der Waals surface area contributed by atoms with Crippen molar-refractivity contribution >= 4 is 23.7 Å². The normalized spacial score (nSPS) is 36.2. The van der Waals surface area contributed by atoms with E-state index in [0.29, 0.717) is 19.3 Å². The maximum Gasteiger partial charge on any atom is 0.358 e. The van der Waals surface area contributed by atoms with Crippen LogP contribution in [0.1, 0.15) is 146 Å². The van der Waals surface area contributed by atoms with E-state index in [1.807, 2.05) is 85.3 Å². The Bertz CT molecular complexity index is 2240. The van der Waals surface area contributed by atoms with Gasteiger partial charge in [0.15, 0.2) is 17.6 Å². The zero-order chi connectivity index (χ0) is 44.5. The number of rotatable bonds is 10. The van der Waals surface area contributed by atoms with E-state index in [2.05, 4.69) is 41.2 Å². The maximum absolute atomic E-state index is 15.4. The molecule has 4 saturated carbocycles. The maximum atomic E-state index is 15.4. The van der Waals surface area contributed by atoms with Crippen molar-refractivity contribution < 1.29 is 33.4 Å². The van der Waals surface area contributed by atoms with E-state index in [-0.39, 0.29) is 65.2 Å². The van der Waals surface area contributed by atoms with Gasteiger partial charge in [-0.3, -0.25) is 19.1 Å². The van der Waals surface area contributed by atoms with Gasteiger partial charge in [-0.1, -0.05) is 107 Å². The first-order valence-corrected chi connectivity index (χ1v) is 23.0. The van der Waals surface area contributed by atoms with Gasteiger partial charge in [0, 0.05) is 11.6 Å². The fraction of sp³-hybridized carbons (Fsp3) is 0.566. The number of esters is 3. The first kappa shape index (κ1) is 43.8. The highest BCUT2D eigenvalue weighted by Crippen LogP contribution is 2.76. The van der Waals surface area contributed by atoms with E-state index in [1.165, 1.54) is 5.57 Å². The molecule has 0 bridgehead atoms. The highest BCUT2D eigenvalue weighted by molar-refractivity contribution is 5.96. The predicted molar refractivity (Wildman–Crippen MR) is 238 cm³/mol. The summed E-state index contributed by atoms with van der Waals surface area (Å²) in [5.41, 5.74) is 0.992. The van der Waals surface area contributed by atoms with Crippen LogP contribution in [0.3, 0.4) is 0 Å². The molecule has 2 aromatic carbocycles. The molecule has 10 atom stereocenters. The molecule has 4 fully saturated rings. The van der Waals surface area contributed by atoms with Crippen LogP contribution in [0.25, 0.3) is 0 Å². The lowest BCUT2D eigenvalue weighted by molar-refractivity contribution is -0.208. The monoisotopic (exact) mass is 842 g/mol. The Labute approximate surface area is 368 Å². The summed E-state index contributed by atoms with van der Waals surface area (Å²) in [4.78, 5) is 57.5. The quantitative estimate of drug-likeness (QED) is 0.113. The average molecular weight is 843 g/mol. The smallest absolute Gasteiger partial charge is 0.358 e. The van der Waals surface area contributed by atoms with Gasteiger partial charge in [0.1, 0.15) is 6.61 Å². The summed E-state index contributed by atoms with van der Waals surface area (Å²) in [5.74, 6) is -1.37. The molecule has 1 aromatic heterocycles. The lowest BCUT2D eigenvalue weighted by Gasteiger charge is -2.70. The number of aryl methyl sites for hydroxylation is 1. The molecule has 0 saturated heterocycles. The molecule has 9 nitrogen and oxygen atoms in total. The summed E-state index contributed by atoms with van der Waals surface area (Å²) in [6, 6.07) is 21.3. The second-order valence-electron chi connectivity index (χ2n) is 20.9. The van der Waals surface area contributed by atoms with Crippen molar-refractivity contribution in [2.45, 2.75) is 125 Å². The zero-order valence-electron chi connectivity index (χ0n) is 38.1. The molecule has 0 N–H and O–H groups in total. The molecule has 62 heavy (non-hydrogen) atoms. The van der Waals surface area contributed by atoms with Crippen molar-refractivity contribution in [3.8, 4) is 0 Å². The first-order chi connectivity index (χ1) is 29.4. The molecular formula is C53H66N2O7. The highest BCUT2D eigenvalue weighted by Gasteiger charge is 2.72. The number of aromatic nitrogens is 2. The van der Waals surface area contributed by atoms with E-state index in [9.17, 15) is 14.4 Å². The average Bonchev–Trinajstić information content (AvgIpc) is 3.64. The van der Waals surface area contributed by atoms with Crippen LogP contribution < -0.4 is 0 Å². The van der Waals surface area contributed by atoms with Gasteiger partial charge in [-0.15, -0.1) is 0 Å². The Morgan fingerprint density at radius 1 is 0.855 bits per heavy atom. The Hall–Kier alpha value is -4.79. The van der Waals surface area contributed by atoms with Crippen molar-refractivity contribution in [3.05, 3.63) is 114 Å². The first-order valence-electron chi connectivity index (χ1n) is 23.0. The number of benzene rings is 2. The summed E-state index contributed by atoms with van der Waals surface area (Å²) in [6.07, 6.45) is 10.1. The molecule has 5 aliphatic rings. The number of fused-ring (bicyclic) bond motifs is 7. The molecule has 0 amide bonds. The topological polar surface area (TPSA) is 114 Å². The van der Waals surface area contributed by atoms with Crippen molar-refractivity contribution in [1.29, 1.82) is 0 Å². The molecule has 3 aromatic rings. The van der Waals surface area contributed by atoms with E-state index in [1.54, 1.807) is 19.1 Å². The minimum atomic E-state index is -1.06. The van der Waals surface area contributed by atoms with E-state index >= 15 is 4.79 Å². The van der Waals surface area contributed by atoms with Crippen molar-refractivity contribution in [1.82, 2.24) is 9.78 Å². The number of ether oxygens (including phenoxy) is 3. The van der Waals surface area contributed by atoms with Crippen LogP contribution in [0.4, 0.5) is 0 Å². The SMILES string of the molecule is C=CCOC(=O)[C@]1(C)[C@@H](n2nc(C(=O)OCC)cc2C)CC[C@@]2(C)[C@H]1CC[C@]1(C)[C@@H]2C(=O)C=C2[C@@H]3C[C@@](C)(C(=O)OC(c4ccccc4)c4ccccc4)CC[C@]3(C)CC[C@]21C. The number of hydrogen-bond acceptors (Lipinski definition) is 8. The van der Waals surface area contributed by atoms with Crippen LogP contribution in [-0.4, -0.2) is 46.7 Å². The summed E-state index contributed by atoms with van der Waals surface area (Å²) in [7, 11) is 0. The van der Waals surface area contributed by atoms with Gasteiger partial charge in [-0.05, 0) is 142 Å². The standard InChI is InChI=1S/C53H66N2O7/c1-10-30-61-47(59)53(9)41-22-25-52(8)44(50(41,6)24-23-42(53)55-34(3)31-39(54-55)45(57)60-11-2)40(56)32-37-38-33-49(5,27-26-48(38,4)28-29-51(37,52)7)46(58)62-43(35-18-14-12-15-19-35)36-20-16-13-17-21-36/h10,12-21,31-32,38,41-44H,1,11,22-30,33H2,2-9H3/t38-,41+,42-,44+,48+,49-,50-,51+,52+,53-/m0/s1. The van der Waals surface area contributed by atoms with Gasteiger partial charge >= 0.3 is 17.9 Å². The number of carbonyl (C=O) groups is 4. The van der Waals surface area contributed by atoms with Crippen LogP contribution in [-0.2, 0) is 28.6 Å². The zero-order valence-corrected chi connectivity index (χ0v) is 38.1. The van der Waals surface area contributed by atoms with Crippen molar-refractivity contribution in [2.75, 3.05) is 13.2 Å². The number of allylic oxidation sites excluding steroid dienone is 2. The Morgan fingerprint density at radius 2 is 1.50 bits per heavy atom. The molecule has 0 aliphatic heterocycles. The van der Waals surface area contributed by atoms with E-state index in [0.717, 1.165) is 55.3 Å². The van der Waals surface area contributed by atoms with Crippen LogP contribution in [0, 0.1) is 57.2 Å². The van der Waals surface area contributed by atoms with Gasteiger partial charge in [0.05, 0.1) is 23.5 Å². The van der Waals surface area contributed by atoms with Gasteiger partial charge in [0.2, 0.25) is 0 Å². The third kappa shape index (κ3) is 6.65. The lowest BCUT2D eigenvalue weighted by Crippen LogP contribution is -2.67. The second-order valence-corrected chi connectivity index (χ2v) is 20.9. The minimum absolute atomic E-state index is 0.0398. The van der Waals surface area contributed by atoms with E-state index < -0.39 is 39.8 Å². The largest absolute Gasteiger partial charge is 0.461 e. The van der Waals surface area contributed by atoms with Gasteiger partial charge in [0.25, 0.3) is 0 Å². The number of ketones is 1. The van der Waals surface area contributed by atoms with Crippen LogP contribution >= 0.6 is 0 Å². The lowest BCUT2D eigenvalue weighted by atomic mass is 9.33. The summed E-state index contributed by atoms with van der Waals surface area (Å²) >= 11 is 0. The van der Waals surface area contributed by atoms with Crippen molar-refractivity contribution in [2.24, 2.45) is 50.2 Å². The Balaban J connectivity index is 1.14. The highest BCUT2D eigenvalue weighted by atomic mass is 16.5. The Morgan fingerprint density at radius 3 is 2.13 bits per heavy atom. The number of hydrogen-bond donors (Lipinski definition) is 0. The second kappa shape index (κ2) is 15.8. The van der Waals surface area contributed by atoms with Crippen LogP contribution in [0.5, 0.6) is 0 Å². The number of carbonyl (C=O) groups excluding carboxylic acids is 4. The predicted octanol–water partition coefficient (Wildman–Crippen LogP) is 10.9. The minimum Gasteiger partial charge on any atom is -0.461 e.